The molecule has 0 radical (unpaired) electrons. The molecule has 2 rings (SSSR count). The Morgan fingerprint density at radius 1 is 1.33 bits per heavy atom. The Labute approximate surface area is 107 Å². The Kier molecular flexibility index (Phi) is 3.15. The summed E-state index contributed by atoms with van der Waals surface area (Å²) in [5.74, 6) is -1.44. The molecule has 1 aromatic heterocycles. The summed E-state index contributed by atoms with van der Waals surface area (Å²) in [6, 6.07) is 2.67. The molecule has 0 saturated carbocycles. The minimum absolute atomic E-state index is 0.0751. The molecular formula is C10H9ClN4O3. The van der Waals surface area contributed by atoms with E-state index in [9.17, 15) is 14.4 Å². The van der Waals surface area contributed by atoms with Crippen molar-refractivity contribution in [2.24, 2.45) is 0 Å². The second kappa shape index (κ2) is 4.61. The molecule has 3 amide bonds. The molecule has 1 saturated heterocycles. The number of nitrogens with zero attached hydrogens (tertiary/aromatic N) is 2. The molecule has 0 aromatic carbocycles. The van der Waals surface area contributed by atoms with Crippen LogP contribution < -0.4 is 11.1 Å². The number of hydrogen-bond donors (Lipinski definition) is 2. The maximum Gasteiger partial charge on any atom is 0.255 e. The first-order valence-corrected chi connectivity index (χ1v) is 5.38. The highest BCUT2D eigenvalue weighted by atomic mass is 35.5. The molecule has 0 bridgehead atoms. The fourth-order valence-electron chi connectivity index (χ4n) is 1.60. The van der Waals surface area contributed by atoms with Gasteiger partial charge in [0.05, 0.1) is 0 Å². The third kappa shape index (κ3) is 2.57. The number of carbonyl (C=O) groups is 3. The Balaban J connectivity index is 2.25. The van der Waals surface area contributed by atoms with E-state index >= 15 is 0 Å². The van der Waals surface area contributed by atoms with Crippen molar-refractivity contribution in [3.8, 4) is 0 Å². The lowest BCUT2D eigenvalue weighted by Crippen LogP contribution is -2.53. The van der Waals surface area contributed by atoms with Crippen LogP contribution in [-0.4, -0.2) is 40.7 Å². The molecule has 0 atom stereocenters. The quantitative estimate of drug-likeness (QED) is 0.523. The zero-order valence-corrected chi connectivity index (χ0v) is 9.90. The van der Waals surface area contributed by atoms with Crippen LogP contribution in [0.25, 0.3) is 0 Å². The third-order valence-electron chi connectivity index (χ3n) is 2.30. The fraction of sp³-hybridized carbons (Fsp3) is 0.200. The maximum atomic E-state index is 12.0. The van der Waals surface area contributed by atoms with Crippen LogP contribution in [0.1, 0.15) is 10.4 Å². The standard InChI is InChI=1S/C10H9ClN4O3/c11-6-1-5(2-7(12)13-6)10(18)15-3-8(16)14-9(17)4-15/h1-2H,3-4H2,(H2,12,13)(H,14,16,17). The first-order valence-electron chi connectivity index (χ1n) is 5.01. The van der Waals surface area contributed by atoms with Gasteiger partial charge in [-0.3, -0.25) is 19.7 Å². The fourth-order valence-corrected chi connectivity index (χ4v) is 1.82. The van der Waals surface area contributed by atoms with Gasteiger partial charge in [0.25, 0.3) is 5.91 Å². The van der Waals surface area contributed by atoms with Crippen LogP contribution in [0.4, 0.5) is 5.82 Å². The lowest BCUT2D eigenvalue weighted by molar-refractivity contribution is -0.135. The number of rotatable bonds is 1. The van der Waals surface area contributed by atoms with Gasteiger partial charge < -0.3 is 10.6 Å². The lowest BCUT2D eigenvalue weighted by Gasteiger charge is -2.25. The van der Waals surface area contributed by atoms with Gasteiger partial charge in [-0.15, -0.1) is 0 Å². The number of nitrogen functional groups attached to an aromatic ring is 1. The van der Waals surface area contributed by atoms with Crippen molar-refractivity contribution in [3.05, 3.63) is 22.8 Å². The van der Waals surface area contributed by atoms with E-state index in [-0.39, 0.29) is 29.6 Å². The second-order valence-corrected chi connectivity index (χ2v) is 4.12. The minimum Gasteiger partial charge on any atom is -0.384 e. The summed E-state index contributed by atoms with van der Waals surface area (Å²) in [7, 11) is 0. The zero-order chi connectivity index (χ0) is 13.3. The van der Waals surface area contributed by atoms with E-state index in [1.165, 1.54) is 12.1 Å². The van der Waals surface area contributed by atoms with Crippen LogP contribution >= 0.6 is 11.6 Å². The van der Waals surface area contributed by atoms with Gasteiger partial charge in [0.15, 0.2) is 0 Å². The molecule has 0 unspecified atom stereocenters. The highest BCUT2D eigenvalue weighted by Crippen LogP contribution is 2.14. The van der Waals surface area contributed by atoms with E-state index in [1.54, 1.807) is 0 Å². The molecule has 18 heavy (non-hydrogen) atoms. The third-order valence-corrected chi connectivity index (χ3v) is 2.49. The van der Waals surface area contributed by atoms with Gasteiger partial charge in [-0.2, -0.15) is 0 Å². The number of pyridine rings is 1. The van der Waals surface area contributed by atoms with Gasteiger partial charge in [-0.05, 0) is 12.1 Å². The maximum absolute atomic E-state index is 12.0. The molecule has 0 aliphatic carbocycles. The number of hydrogen-bond acceptors (Lipinski definition) is 5. The summed E-state index contributed by atoms with van der Waals surface area (Å²) < 4.78 is 0. The molecule has 7 nitrogen and oxygen atoms in total. The summed E-state index contributed by atoms with van der Waals surface area (Å²) >= 11 is 5.68. The van der Waals surface area contributed by atoms with Crippen LogP contribution in [0.15, 0.2) is 12.1 Å². The summed E-state index contributed by atoms with van der Waals surface area (Å²) in [6.07, 6.45) is 0. The molecule has 1 fully saturated rings. The van der Waals surface area contributed by atoms with Crippen LogP contribution in [0, 0.1) is 0 Å². The van der Waals surface area contributed by atoms with Crippen molar-refractivity contribution in [2.45, 2.75) is 0 Å². The molecular weight excluding hydrogens is 260 g/mol. The second-order valence-electron chi connectivity index (χ2n) is 3.74. The summed E-state index contributed by atoms with van der Waals surface area (Å²) in [6.45, 7) is -0.352. The largest absolute Gasteiger partial charge is 0.384 e. The number of anilines is 1. The van der Waals surface area contributed by atoms with Crippen molar-refractivity contribution in [1.29, 1.82) is 0 Å². The van der Waals surface area contributed by atoms with E-state index in [1.807, 2.05) is 0 Å². The molecule has 8 heteroatoms. The van der Waals surface area contributed by atoms with Crippen molar-refractivity contribution in [1.82, 2.24) is 15.2 Å². The predicted molar refractivity (Wildman–Crippen MR) is 62.7 cm³/mol. The smallest absolute Gasteiger partial charge is 0.255 e. The Morgan fingerprint density at radius 3 is 2.50 bits per heavy atom. The van der Waals surface area contributed by atoms with Crippen LogP contribution in [0.3, 0.4) is 0 Å². The highest BCUT2D eigenvalue weighted by molar-refractivity contribution is 6.30. The number of halogens is 1. The SMILES string of the molecule is Nc1cc(C(=O)N2CC(=O)NC(=O)C2)cc(Cl)n1. The van der Waals surface area contributed by atoms with Crippen molar-refractivity contribution in [2.75, 3.05) is 18.8 Å². The van der Waals surface area contributed by atoms with E-state index in [4.69, 9.17) is 17.3 Å². The Hall–Kier alpha value is -2.15. The highest BCUT2D eigenvalue weighted by Gasteiger charge is 2.27. The monoisotopic (exact) mass is 268 g/mol. The van der Waals surface area contributed by atoms with E-state index in [0.29, 0.717) is 0 Å². The number of amides is 3. The number of piperazine rings is 1. The normalized spacial score (nSPS) is 15.5. The van der Waals surface area contributed by atoms with Gasteiger partial charge >= 0.3 is 0 Å². The van der Waals surface area contributed by atoms with Crippen molar-refractivity contribution in [3.63, 3.8) is 0 Å². The first kappa shape index (κ1) is 12.3. The average Bonchev–Trinajstić information content (AvgIpc) is 2.25. The Morgan fingerprint density at radius 2 is 1.94 bits per heavy atom. The molecule has 2 heterocycles. The van der Waals surface area contributed by atoms with E-state index in [2.05, 4.69) is 10.3 Å². The summed E-state index contributed by atoms with van der Waals surface area (Å²) in [5, 5.41) is 2.18. The molecule has 94 valence electrons. The Bertz CT molecular complexity index is 510. The van der Waals surface area contributed by atoms with Gasteiger partial charge in [-0.25, -0.2) is 4.98 Å². The average molecular weight is 269 g/mol. The van der Waals surface area contributed by atoms with Gasteiger partial charge in [0.2, 0.25) is 11.8 Å². The molecule has 0 spiro atoms. The topological polar surface area (TPSA) is 105 Å². The number of nitrogens with one attached hydrogen (secondary N) is 1. The minimum atomic E-state index is -0.521. The van der Waals surface area contributed by atoms with Gasteiger partial charge in [0.1, 0.15) is 24.1 Å². The summed E-state index contributed by atoms with van der Waals surface area (Å²) in [5.41, 5.74) is 5.66. The molecule has 3 N–H and O–H groups in total. The van der Waals surface area contributed by atoms with Crippen LogP contribution in [-0.2, 0) is 9.59 Å². The van der Waals surface area contributed by atoms with Crippen LogP contribution in [0.2, 0.25) is 5.15 Å². The van der Waals surface area contributed by atoms with Gasteiger partial charge in [0, 0.05) is 5.56 Å². The van der Waals surface area contributed by atoms with E-state index in [0.717, 1.165) is 4.90 Å². The predicted octanol–water partition coefficient (Wildman–Crippen LogP) is -0.584. The van der Waals surface area contributed by atoms with Crippen molar-refractivity contribution >= 4 is 35.1 Å². The van der Waals surface area contributed by atoms with E-state index < -0.39 is 17.7 Å². The molecule has 1 aliphatic heterocycles. The first-order chi connectivity index (χ1) is 8.45. The number of aromatic nitrogens is 1. The van der Waals surface area contributed by atoms with Gasteiger partial charge in [-0.1, -0.05) is 11.6 Å². The van der Waals surface area contributed by atoms with Crippen LogP contribution in [0.5, 0.6) is 0 Å². The lowest BCUT2D eigenvalue weighted by atomic mass is 10.2. The molecule has 1 aromatic rings. The number of nitrogens with two attached hydrogens (primary N) is 1. The van der Waals surface area contributed by atoms with Crippen molar-refractivity contribution < 1.29 is 14.4 Å². The summed E-state index contributed by atoms with van der Waals surface area (Å²) in [4.78, 5) is 39.2. The number of carbonyl (C=O) groups excluding carboxylic acids is 3. The molecule has 1 aliphatic rings. The zero-order valence-electron chi connectivity index (χ0n) is 9.14. The number of imide groups is 1.